The summed E-state index contributed by atoms with van der Waals surface area (Å²) in [6.07, 6.45) is 0. The Kier molecular flexibility index (Phi) is 6.30. The highest BCUT2D eigenvalue weighted by Gasteiger charge is 2.27. The summed E-state index contributed by atoms with van der Waals surface area (Å²) in [5.74, 6) is 0.423. The minimum atomic E-state index is -0.306. The van der Waals surface area contributed by atoms with Crippen molar-refractivity contribution in [3.05, 3.63) is 63.6 Å². The SMILES string of the molecule is CC(C)(C)N(Cc1ccccc1)C(=O)COc1ccc(Br)cc1Cl. The third kappa shape index (κ3) is 5.25. The van der Waals surface area contributed by atoms with E-state index in [1.807, 2.05) is 62.1 Å². The molecule has 0 radical (unpaired) electrons. The van der Waals surface area contributed by atoms with Crippen LogP contribution in [0.1, 0.15) is 26.3 Å². The maximum Gasteiger partial charge on any atom is 0.261 e. The van der Waals surface area contributed by atoms with Gasteiger partial charge in [-0.05, 0) is 44.5 Å². The first-order chi connectivity index (χ1) is 11.3. The Bertz CT molecular complexity index is 698. The van der Waals surface area contributed by atoms with Crippen LogP contribution in [0.25, 0.3) is 0 Å². The molecule has 1 amide bonds. The number of ether oxygens (including phenoxy) is 1. The molecular weight excluding hydrogens is 390 g/mol. The summed E-state index contributed by atoms with van der Waals surface area (Å²) in [6, 6.07) is 15.3. The summed E-state index contributed by atoms with van der Waals surface area (Å²) >= 11 is 9.48. The molecule has 0 atom stereocenters. The van der Waals surface area contributed by atoms with E-state index >= 15 is 0 Å². The van der Waals surface area contributed by atoms with Gasteiger partial charge in [-0.1, -0.05) is 57.9 Å². The van der Waals surface area contributed by atoms with Crippen molar-refractivity contribution in [2.45, 2.75) is 32.9 Å². The van der Waals surface area contributed by atoms with Crippen molar-refractivity contribution in [2.75, 3.05) is 6.61 Å². The Morgan fingerprint density at radius 2 is 1.83 bits per heavy atom. The van der Waals surface area contributed by atoms with Crippen molar-refractivity contribution in [3.63, 3.8) is 0 Å². The largest absolute Gasteiger partial charge is 0.482 e. The minimum Gasteiger partial charge on any atom is -0.482 e. The van der Waals surface area contributed by atoms with Gasteiger partial charge < -0.3 is 9.64 Å². The molecule has 0 unspecified atom stereocenters. The summed E-state index contributed by atoms with van der Waals surface area (Å²) in [7, 11) is 0. The van der Waals surface area contributed by atoms with Gasteiger partial charge in [0.25, 0.3) is 5.91 Å². The second-order valence-corrected chi connectivity index (χ2v) is 7.82. The first-order valence-corrected chi connectivity index (χ1v) is 8.87. The van der Waals surface area contributed by atoms with Gasteiger partial charge in [-0.15, -0.1) is 0 Å². The van der Waals surface area contributed by atoms with E-state index in [4.69, 9.17) is 16.3 Å². The monoisotopic (exact) mass is 409 g/mol. The Balaban J connectivity index is 2.08. The van der Waals surface area contributed by atoms with Gasteiger partial charge >= 0.3 is 0 Å². The average Bonchev–Trinajstić information content (AvgIpc) is 2.51. The van der Waals surface area contributed by atoms with E-state index in [0.29, 0.717) is 17.3 Å². The lowest BCUT2D eigenvalue weighted by atomic mass is 10.0. The molecule has 0 aliphatic heterocycles. The second-order valence-electron chi connectivity index (χ2n) is 6.50. The van der Waals surface area contributed by atoms with E-state index in [0.717, 1.165) is 10.0 Å². The molecule has 0 heterocycles. The number of rotatable bonds is 5. The number of benzene rings is 2. The highest BCUT2D eigenvalue weighted by molar-refractivity contribution is 9.10. The lowest BCUT2D eigenvalue weighted by molar-refractivity contribution is -0.139. The normalized spacial score (nSPS) is 11.2. The molecule has 2 rings (SSSR count). The number of carbonyl (C=O) groups excluding carboxylic acids is 1. The zero-order valence-corrected chi connectivity index (χ0v) is 16.4. The van der Waals surface area contributed by atoms with Gasteiger partial charge in [0.05, 0.1) is 5.02 Å². The number of carbonyl (C=O) groups is 1. The van der Waals surface area contributed by atoms with E-state index in [9.17, 15) is 4.79 Å². The molecular formula is C19H21BrClNO2. The standard InChI is InChI=1S/C19H21BrClNO2/c1-19(2,3)22(12-14-7-5-4-6-8-14)18(23)13-24-17-10-9-15(20)11-16(17)21/h4-11H,12-13H2,1-3H3. The van der Waals surface area contributed by atoms with E-state index in [1.54, 1.807) is 12.1 Å². The van der Waals surface area contributed by atoms with Gasteiger partial charge in [0.1, 0.15) is 5.75 Å². The Labute approximate surface area is 156 Å². The lowest BCUT2D eigenvalue weighted by Gasteiger charge is -2.35. The predicted octanol–water partition coefficient (Wildman–Crippen LogP) is 5.31. The Morgan fingerprint density at radius 3 is 2.42 bits per heavy atom. The maximum absolute atomic E-state index is 12.7. The fraction of sp³-hybridized carbons (Fsp3) is 0.316. The van der Waals surface area contributed by atoms with Gasteiger partial charge in [0.2, 0.25) is 0 Å². The molecule has 5 heteroatoms. The first kappa shape index (κ1) is 18.8. The van der Waals surface area contributed by atoms with Crippen molar-refractivity contribution in [1.29, 1.82) is 0 Å². The summed E-state index contributed by atoms with van der Waals surface area (Å²) in [6.45, 7) is 6.54. The maximum atomic E-state index is 12.7. The van der Waals surface area contributed by atoms with Crippen molar-refractivity contribution < 1.29 is 9.53 Å². The Morgan fingerprint density at radius 1 is 1.17 bits per heavy atom. The van der Waals surface area contributed by atoms with Gasteiger partial charge in [-0.3, -0.25) is 4.79 Å². The molecule has 3 nitrogen and oxygen atoms in total. The van der Waals surface area contributed by atoms with Crippen LogP contribution in [0, 0.1) is 0 Å². The number of halogens is 2. The fourth-order valence-corrected chi connectivity index (χ4v) is 3.00. The highest BCUT2D eigenvalue weighted by atomic mass is 79.9. The molecule has 2 aromatic rings. The van der Waals surface area contributed by atoms with Crippen molar-refractivity contribution in [1.82, 2.24) is 4.90 Å². The van der Waals surface area contributed by atoms with Gasteiger partial charge in [-0.25, -0.2) is 0 Å². The quantitative estimate of drug-likeness (QED) is 0.668. The molecule has 0 aliphatic rings. The topological polar surface area (TPSA) is 29.5 Å². The molecule has 0 spiro atoms. The third-order valence-corrected chi connectivity index (χ3v) is 4.33. The van der Waals surface area contributed by atoms with Crippen molar-refractivity contribution in [3.8, 4) is 5.75 Å². The van der Waals surface area contributed by atoms with Crippen LogP contribution < -0.4 is 4.74 Å². The van der Waals surface area contributed by atoms with Crippen LogP contribution in [0.3, 0.4) is 0 Å². The van der Waals surface area contributed by atoms with E-state index in [2.05, 4.69) is 15.9 Å². The number of hydrogen-bond acceptors (Lipinski definition) is 2. The molecule has 0 aliphatic carbocycles. The smallest absolute Gasteiger partial charge is 0.261 e. The van der Waals surface area contributed by atoms with Gasteiger partial charge in [0.15, 0.2) is 6.61 Å². The van der Waals surface area contributed by atoms with Crippen LogP contribution in [0.2, 0.25) is 5.02 Å². The van der Waals surface area contributed by atoms with Crippen molar-refractivity contribution >= 4 is 33.4 Å². The number of nitrogens with zero attached hydrogens (tertiary/aromatic N) is 1. The summed E-state index contributed by atoms with van der Waals surface area (Å²) < 4.78 is 6.49. The molecule has 0 saturated heterocycles. The van der Waals surface area contributed by atoms with E-state index in [1.165, 1.54) is 0 Å². The summed E-state index contributed by atoms with van der Waals surface area (Å²) in [5.41, 5.74) is 0.780. The molecule has 2 aromatic carbocycles. The molecule has 0 saturated carbocycles. The van der Waals surface area contributed by atoms with Crippen LogP contribution in [0.5, 0.6) is 5.75 Å². The summed E-state index contributed by atoms with van der Waals surface area (Å²) in [5, 5.41) is 0.475. The second kappa shape index (κ2) is 8.04. The highest BCUT2D eigenvalue weighted by Crippen LogP contribution is 2.28. The van der Waals surface area contributed by atoms with E-state index < -0.39 is 0 Å². The van der Waals surface area contributed by atoms with Crippen molar-refractivity contribution in [2.24, 2.45) is 0 Å². The molecule has 0 bridgehead atoms. The molecule has 0 N–H and O–H groups in total. The fourth-order valence-electron chi connectivity index (χ4n) is 2.28. The number of hydrogen-bond donors (Lipinski definition) is 0. The van der Waals surface area contributed by atoms with Crippen LogP contribution in [0.15, 0.2) is 53.0 Å². The van der Waals surface area contributed by atoms with Crippen LogP contribution in [-0.2, 0) is 11.3 Å². The number of amides is 1. The lowest BCUT2D eigenvalue weighted by Crippen LogP contribution is -2.47. The molecule has 0 fully saturated rings. The first-order valence-electron chi connectivity index (χ1n) is 7.69. The zero-order valence-electron chi connectivity index (χ0n) is 14.1. The van der Waals surface area contributed by atoms with Crippen LogP contribution >= 0.6 is 27.5 Å². The Hall–Kier alpha value is -1.52. The third-order valence-electron chi connectivity index (χ3n) is 3.54. The van der Waals surface area contributed by atoms with Gasteiger partial charge in [-0.2, -0.15) is 0 Å². The van der Waals surface area contributed by atoms with Gasteiger partial charge in [0, 0.05) is 16.6 Å². The van der Waals surface area contributed by atoms with Crippen LogP contribution in [0.4, 0.5) is 0 Å². The molecule has 24 heavy (non-hydrogen) atoms. The molecule has 0 aromatic heterocycles. The van der Waals surface area contributed by atoms with E-state index in [-0.39, 0.29) is 18.1 Å². The summed E-state index contributed by atoms with van der Waals surface area (Å²) in [4.78, 5) is 14.5. The average molecular weight is 411 g/mol. The van der Waals surface area contributed by atoms with Crippen LogP contribution in [-0.4, -0.2) is 23.0 Å². The zero-order chi connectivity index (χ0) is 17.7. The molecule has 128 valence electrons. The minimum absolute atomic E-state index is 0.0501. The predicted molar refractivity (Wildman–Crippen MR) is 101 cm³/mol.